The summed E-state index contributed by atoms with van der Waals surface area (Å²) in [5.41, 5.74) is 2.33. The molecule has 1 atom stereocenters. The zero-order valence-electron chi connectivity index (χ0n) is 16.1. The van der Waals surface area contributed by atoms with Crippen LogP contribution in [0.15, 0.2) is 84.9 Å². The number of carbonyl (C=O) groups excluding carboxylic acids is 2. The predicted molar refractivity (Wildman–Crippen MR) is 108 cm³/mol. The van der Waals surface area contributed by atoms with Gasteiger partial charge in [0, 0.05) is 12.4 Å². The molecule has 1 amide bonds. The number of carbonyl (C=O) groups is 2. The highest BCUT2D eigenvalue weighted by molar-refractivity contribution is 5.87. The number of hydrogen-bond donors (Lipinski definition) is 1. The van der Waals surface area contributed by atoms with Crippen molar-refractivity contribution in [3.8, 4) is 5.75 Å². The van der Waals surface area contributed by atoms with Crippen LogP contribution in [-0.2, 0) is 9.59 Å². The van der Waals surface area contributed by atoms with Crippen molar-refractivity contribution >= 4 is 11.9 Å². The zero-order chi connectivity index (χ0) is 20.6. The Kier molecular flexibility index (Phi) is 6.63. The molecule has 0 aliphatic rings. The van der Waals surface area contributed by atoms with Crippen LogP contribution in [-0.4, -0.2) is 19.0 Å². The first kappa shape index (κ1) is 20.1. The van der Waals surface area contributed by atoms with Gasteiger partial charge in [-0.3, -0.25) is 4.79 Å². The topological polar surface area (TPSA) is 78.5 Å². The third-order valence-electron chi connectivity index (χ3n) is 4.73. The first-order valence-corrected chi connectivity index (χ1v) is 9.32. The fourth-order valence-corrected chi connectivity index (χ4v) is 3.30. The van der Waals surface area contributed by atoms with E-state index in [9.17, 15) is 14.7 Å². The van der Waals surface area contributed by atoms with Crippen molar-refractivity contribution in [2.24, 2.45) is 0 Å². The van der Waals surface area contributed by atoms with E-state index in [0.29, 0.717) is 11.3 Å². The van der Waals surface area contributed by atoms with Gasteiger partial charge in [0.2, 0.25) is 5.91 Å². The summed E-state index contributed by atoms with van der Waals surface area (Å²) in [7, 11) is 1.56. The number of rotatable bonds is 8. The van der Waals surface area contributed by atoms with Crippen molar-refractivity contribution in [1.29, 1.82) is 0 Å². The van der Waals surface area contributed by atoms with E-state index in [-0.39, 0.29) is 12.3 Å². The molecule has 1 N–H and O–H groups in total. The molecule has 0 saturated carbocycles. The van der Waals surface area contributed by atoms with Gasteiger partial charge < -0.3 is 20.0 Å². The Balaban J connectivity index is 1.91. The van der Waals surface area contributed by atoms with Gasteiger partial charge in [-0.2, -0.15) is 0 Å². The lowest BCUT2D eigenvalue weighted by molar-refractivity contribution is -0.306. The summed E-state index contributed by atoms with van der Waals surface area (Å²) in [6.07, 6.45) is -0.325. The van der Waals surface area contributed by atoms with Crippen LogP contribution < -0.4 is 15.2 Å². The molecule has 0 aliphatic heterocycles. The number of amides is 1. The number of ether oxygens (including phenoxy) is 1. The minimum atomic E-state index is -1.23. The first-order chi connectivity index (χ1) is 14.1. The van der Waals surface area contributed by atoms with Crippen LogP contribution in [0.3, 0.4) is 0 Å². The van der Waals surface area contributed by atoms with E-state index in [1.165, 1.54) is 0 Å². The molecule has 29 heavy (non-hydrogen) atoms. The molecule has 0 heterocycles. The van der Waals surface area contributed by atoms with Gasteiger partial charge in [-0.25, -0.2) is 0 Å². The monoisotopic (exact) mass is 388 g/mol. The van der Waals surface area contributed by atoms with Crippen molar-refractivity contribution in [1.82, 2.24) is 5.32 Å². The van der Waals surface area contributed by atoms with Crippen LogP contribution in [0.25, 0.3) is 0 Å². The second-order valence-corrected chi connectivity index (χ2v) is 6.66. The van der Waals surface area contributed by atoms with Gasteiger partial charge >= 0.3 is 0 Å². The van der Waals surface area contributed by atoms with E-state index < -0.39 is 17.9 Å². The van der Waals surface area contributed by atoms with Gasteiger partial charge in [-0.05, 0) is 28.8 Å². The average molecular weight is 388 g/mol. The number of methoxy groups -OCH3 is 1. The minimum Gasteiger partial charge on any atom is -0.550 e. The average Bonchev–Trinajstić information content (AvgIpc) is 2.75. The number of hydrogen-bond acceptors (Lipinski definition) is 4. The Bertz CT molecular complexity index is 900. The summed E-state index contributed by atoms with van der Waals surface area (Å²) in [6.45, 7) is 0. The van der Waals surface area contributed by atoms with Gasteiger partial charge in [0.05, 0.1) is 19.1 Å². The van der Waals surface area contributed by atoms with Crippen molar-refractivity contribution in [3.63, 3.8) is 0 Å². The number of carboxylic acids is 1. The van der Waals surface area contributed by atoms with Crippen LogP contribution in [0.5, 0.6) is 5.75 Å². The Hall–Kier alpha value is -3.60. The summed E-state index contributed by atoms with van der Waals surface area (Å²) < 4.78 is 5.15. The van der Waals surface area contributed by atoms with E-state index >= 15 is 0 Å². The number of aliphatic carboxylic acids is 1. The Morgan fingerprint density at radius 3 is 1.79 bits per heavy atom. The molecule has 0 saturated heterocycles. The molecule has 0 aliphatic carbocycles. The lowest BCUT2D eigenvalue weighted by Gasteiger charge is -2.24. The van der Waals surface area contributed by atoms with Crippen LogP contribution in [0.1, 0.15) is 35.1 Å². The molecular formula is C24H22NO4-. The van der Waals surface area contributed by atoms with Crippen LogP contribution in [0.4, 0.5) is 0 Å². The maximum absolute atomic E-state index is 13.3. The van der Waals surface area contributed by atoms with E-state index in [1.807, 2.05) is 60.7 Å². The minimum absolute atomic E-state index is 0.274. The Morgan fingerprint density at radius 2 is 1.34 bits per heavy atom. The van der Waals surface area contributed by atoms with Crippen molar-refractivity contribution in [2.75, 3.05) is 7.11 Å². The van der Waals surface area contributed by atoms with E-state index in [2.05, 4.69) is 5.32 Å². The van der Waals surface area contributed by atoms with Crippen LogP contribution in [0, 0.1) is 0 Å². The van der Waals surface area contributed by atoms with Gasteiger partial charge in [0.15, 0.2) is 0 Å². The lowest BCUT2D eigenvalue weighted by Crippen LogP contribution is -2.37. The molecule has 0 spiro atoms. The van der Waals surface area contributed by atoms with E-state index in [4.69, 9.17) is 4.74 Å². The van der Waals surface area contributed by atoms with Crippen molar-refractivity contribution in [3.05, 3.63) is 102 Å². The third-order valence-corrected chi connectivity index (χ3v) is 4.73. The summed E-state index contributed by atoms with van der Waals surface area (Å²) in [4.78, 5) is 24.6. The number of carboxylic acid groups (broad SMARTS) is 1. The fraction of sp³-hybridized carbons (Fsp3) is 0.167. The highest BCUT2D eigenvalue weighted by atomic mass is 16.5. The maximum Gasteiger partial charge on any atom is 0.232 e. The predicted octanol–water partition coefficient (Wildman–Crippen LogP) is 2.82. The summed E-state index contributed by atoms with van der Waals surface area (Å²) in [5.74, 6) is -1.41. The van der Waals surface area contributed by atoms with Gasteiger partial charge in [-0.15, -0.1) is 0 Å². The number of nitrogens with one attached hydrogen (secondary N) is 1. The smallest absolute Gasteiger partial charge is 0.232 e. The third kappa shape index (κ3) is 5.23. The summed E-state index contributed by atoms with van der Waals surface area (Å²) in [6, 6.07) is 25.1. The molecule has 3 aromatic carbocycles. The Labute approximate surface area is 170 Å². The van der Waals surface area contributed by atoms with Crippen LogP contribution in [0.2, 0.25) is 0 Å². The first-order valence-electron chi connectivity index (χ1n) is 9.32. The van der Waals surface area contributed by atoms with E-state index in [1.54, 1.807) is 31.4 Å². The molecule has 5 nitrogen and oxygen atoms in total. The van der Waals surface area contributed by atoms with Crippen LogP contribution >= 0.6 is 0 Å². The molecule has 5 heteroatoms. The molecule has 0 aromatic heterocycles. The maximum atomic E-state index is 13.3. The Morgan fingerprint density at radius 1 is 0.828 bits per heavy atom. The lowest BCUT2D eigenvalue weighted by atomic mass is 9.90. The molecule has 148 valence electrons. The SMILES string of the molecule is COc1ccc(C(CC(=O)[O-])NC(=O)C(c2ccccc2)c2ccccc2)cc1. The largest absolute Gasteiger partial charge is 0.550 e. The standard InChI is InChI=1S/C24H23NO4/c1-29-20-14-12-17(13-15-20)21(16-22(26)27)25-24(28)23(18-8-4-2-5-9-18)19-10-6-3-7-11-19/h2-15,21,23H,16H2,1H3,(H,25,28)(H,26,27)/p-1. The van der Waals surface area contributed by atoms with Gasteiger partial charge in [-0.1, -0.05) is 72.8 Å². The number of benzene rings is 3. The van der Waals surface area contributed by atoms with Crippen molar-refractivity contribution < 1.29 is 19.4 Å². The molecule has 3 aromatic rings. The highest BCUT2D eigenvalue weighted by Gasteiger charge is 2.25. The molecule has 0 radical (unpaired) electrons. The molecule has 3 rings (SSSR count). The van der Waals surface area contributed by atoms with Gasteiger partial charge in [0.1, 0.15) is 5.75 Å². The zero-order valence-corrected chi connectivity index (χ0v) is 16.1. The molecule has 0 fully saturated rings. The summed E-state index contributed by atoms with van der Waals surface area (Å²) >= 11 is 0. The fourth-order valence-electron chi connectivity index (χ4n) is 3.30. The molecule has 0 bridgehead atoms. The van der Waals surface area contributed by atoms with Crippen molar-refractivity contribution in [2.45, 2.75) is 18.4 Å². The second-order valence-electron chi connectivity index (χ2n) is 6.66. The molecule has 1 unspecified atom stereocenters. The molecular weight excluding hydrogens is 366 g/mol. The quantitative estimate of drug-likeness (QED) is 0.644. The summed E-state index contributed by atoms with van der Waals surface area (Å²) in [5, 5.41) is 14.2. The highest BCUT2D eigenvalue weighted by Crippen LogP contribution is 2.27. The second kappa shape index (κ2) is 9.55. The normalized spacial score (nSPS) is 11.7. The van der Waals surface area contributed by atoms with E-state index in [0.717, 1.165) is 11.1 Å². The van der Waals surface area contributed by atoms with Gasteiger partial charge in [0.25, 0.3) is 0 Å².